The van der Waals surface area contributed by atoms with Gasteiger partial charge in [0, 0.05) is 17.1 Å². The lowest BCUT2D eigenvalue weighted by atomic mass is 10.1. The Morgan fingerprint density at radius 1 is 1.28 bits per heavy atom. The molecule has 2 rings (SSSR count). The van der Waals surface area contributed by atoms with Crippen molar-refractivity contribution in [3.63, 3.8) is 0 Å². The molecule has 0 heterocycles. The van der Waals surface area contributed by atoms with Gasteiger partial charge < -0.3 is 15.2 Å². The summed E-state index contributed by atoms with van der Waals surface area (Å²) in [6, 6.07) is 14.6. The number of aliphatic carboxylic acids is 1. The zero-order valence-corrected chi connectivity index (χ0v) is 15.6. The van der Waals surface area contributed by atoms with E-state index in [-0.39, 0.29) is 0 Å². The number of thioether (sulfide) groups is 1. The highest BCUT2D eigenvalue weighted by atomic mass is 35.5. The van der Waals surface area contributed by atoms with E-state index in [0.717, 1.165) is 22.6 Å². The zero-order chi connectivity index (χ0) is 18.1. The lowest BCUT2D eigenvalue weighted by molar-refractivity contribution is -0.139. The van der Waals surface area contributed by atoms with Crippen molar-refractivity contribution in [3.05, 3.63) is 64.7 Å². The van der Waals surface area contributed by atoms with Crippen molar-refractivity contribution in [1.82, 2.24) is 5.32 Å². The van der Waals surface area contributed by atoms with Gasteiger partial charge in [0.25, 0.3) is 0 Å². The molecule has 0 bridgehead atoms. The number of carboxylic acid groups (broad SMARTS) is 1. The van der Waals surface area contributed by atoms with Crippen LogP contribution in [-0.4, -0.2) is 29.1 Å². The van der Waals surface area contributed by atoms with E-state index in [1.54, 1.807) is 11.8 Å². The maximum atomic E-state index is 11.3. The Kier molecular flexibility index (Phi) is 8.12. The standard InChI is InChI=1S/C19H22ClNO3S/c1-25-10-9-17(19(22)23)21-12-15-6-2-3-8-18(15)24-13-14-5-4-7-16(20)11-14/h2-8,11,17,21H,9-10,12-13H2,1H3,(H,22,23). The van der Waals surface area contributed by atoms with Crippen LogP contribution in [0.5, 0.6) is 5.75 Å². The first-order chi connectivity index (χ1) is 12.1. The third-order valence-electron chi connectivity index (χ3n) is 3.70. The fraction of sp³-hybridized carbons (Fsp3) is 0.316. The zero-order valence-electron chi connectivity index (χ0n) is 14.1. The Morgan fingerprint density at radius 2 is 2.08 bits per heavy atom. The number of hydrogen-bond donors (Lipinski definition) is 2. The van der Waals surface area contributed by atoms with Gasteiger partial charge in [-0.15, -0.1) is 0 Å². The lowest BCUT2D eigenvalue weighted by Crippen LogP contribution is -2.36. The third kappa shape index (κ3) is 6.61. The van der Waals surface area contributed by atoms with Crippen LogP contribution in [0.1, 0.15) is 17.5 Å². The van der Waals surface area contributed by atoms with Gasteiger partial charge in [-0.25, -0.2) is 0 Å². The highest BCUT2D eigenvalue weighted by Crippen LogP contribution is 2.20. The van der Waals surface area contributed by atoms with Crippen LogP contribution in [0.25, 0.3) is 0 Å². The number of benzene rings is 2. The van der Waals surface area contributed by atoms with Crippen molar-refractivity contribution in [2.75, 3.05) is 12.0 Å². The fourth-order valence-electron chi connectivity index (χ4n) is 2.36. The average molecular weight is 380 g/mol. The van der Waals surface area contributed by atoms with Gasteiger partial charge in [0.2, 0.25) is 0 Å². The van der Waals surface area contributed by atoms with Crippen LogP contribution in [0.4, 0.5) is 0 Å². The molecule has 0 aliphatic carbocycles. The van der Waals surface area contributed by atoms with E-state index in [1.165, 1.54) is 0 Å². The number of rotatable bonds is 10. The molecule has 134 valence electrons. The predicted molar refractivity (Wildman–Crippen MR) is 103 cm³/mol. The van der Waals surface area contributed by atoms with Crippen molar-refractivity contribution < 1.29 is 14.6 Å². The van der Waals surface area contributed by atoms with Crippen molar-refractivity contribution in [3.8, 4) is 5.75 Å². The van der Waals surface area contributed by atoms with E-state index in [9.17, 15) is 9.90 Å². The summed E-state index contributed by atoms with van der Waals surface area (Å²) in [5.41, 5.74) is 1.92. The van der Waals surface area contributed by atoms with Gasteiger partial charge in [0.1, 0.15) is 18.4 Å². The van der Waals surface area contributed by atoms with Gasteiger partial charge in [-0.05, 0) is 42.2 Å². The van der Waals surface area contributed by atoms with Crippen molar-refractivity contribution in [2.45, 2.75) is 25.6 Å². The molecule has 0 radical (unpaired) electrons. The molecule has 0 aromatic heterocycles. The first-order valence-corrected chi connectivity index (χ1v) is 9.77. The number of hydrogen-bond acceptors (Lipinski definition) is 4. The van der Waals surface area contributed by atoms with E-state index in [1.807, 2.05) is 54.8 Å². The number of halogens is 1. The lowest BCUT2D eigenvalue weighted by Gasteiger charge is -2.16. The number of nitrogens with one attached hydrogen (secondary N) is 1. The summed E-state index contributed by atoms with van der Waals surface area (Å²) in [5, 5.41) is 13.1. The smallest absolute Gasteiger partial charge is 0.320 e. The van der Waals surface area contributed by atoms with Crippen molar-refractivity contribution in [1.29, 1.82) is 0 Å². The summed E-state index contributed by atoms with van der Waals surface area (Å²) in [5.74, 6) is 0.715. The molecule has 0 saturated heterocycles. The highest BCUT2D eigenvalue weighted by molar-refractivity contribution is 7.98. The van der Waals surface area contributed by atoms with Crippen LogP contribution >= 0.6 is 23.4 Å². The van der Waals surface area contributed by atoms with Crippen LogP contribution in [0.15, 0.2) is 48.5 Å². The molecule has 2 aromatic rings. The molecule has 4 nitrogen and oxygen atoms in total. The van der Waals surface area contributed by atoms with Crippen LogP contribution in [-0.2, 0) is 17.9 Å². The van der Waals surface area contributed by atoms with Gasteiger partial charge in [0.05, 0.1) is 0 Å². The molecule has 6 heteroatoms. The van der Waals surface area contributed by atoms with Crippen LogP contribution in [0.2, 0.25) is 5.02 Å². The maximum Gasteiger partial charge on any atom is 0.320 e. The highest BCUT2D eigenvalue weighted by Gasteiger charge is 2.16. The Balaban J connectivity index is 1.98. The summed E-state index contributed by atoms with van der Waals surface area (Å²) >= 11 is 7.63. The normalized spacial score (nSPS) is 11.9. The summed E-state index contributed by atoms with van der Waals surface area (Å²) in [6.07, 6.45) is 2.56. The summed E-state index contributed by atoms with van der Waals surface area (Å²) in [4.78, 5) is 11.3. The summed E-state index contributed by atoms with van der Waals surface area (Å²) in [7, 11) is 0. The largest absolute Gasteiger partial charge is 0.489 e. The summed E-state index contributed by atoms with van der Waals surface area (Å²) < 4.78 is 5.90. The Morgan fingerprint density at radius 3 is 2.80 bits per heavy atom. The molecule has 0 saturated carbocycles. The third-order valence-corrected chi connectivity index (χ3v) is 4.58. The maximum absolute atomic E-state index is 11.3. The molecule has 1 atom stereocenters. The van der Waals surface area contributed by atoms with E-state index >= 15 is 0 Å². The van der Waals surface area contributed by atoms with Gasteiger partial charge >= 0.3 is 5.97 Å². The van der Waals surface area contributed by atoms with Crippen LogP contribution in [0, 0.1) is 0 Å². The second kappa shape index (κ2) is 10.3. The van der Waals surface area contributed by atoms with E-state index in [2.05, 4.69) is 5.32 Å². The van der Waals surface area contributed by atoms with Crippen molar-refractivity contribution >= 4 is 29.3 Å². The molecule has 0 aliphatic heterocycles. The second-order valence-corrected chi connectivity index (χ2v) is 7.00. The topological polar surface area (TPSA) is 58.6 Å². The number of ether oxygens (including phenoxy) is 1. The molecule has 0 amide bonds. The second-order valence-electron chi connectivity index (χ2n) is 5.58. The first kappa shape index (κ1) is 19.6. The molecule has 2 N–H and O–H groups in total. The Hall–Kier alpha value is -1.69. The van der Waals surface area contributed by atoms with E-state index in [4.69, 9.17) is 16.3 Å². The van der Waals surface area contributed by atoms with Crippen LogP contribution < -0.4 is 10.1 Å². The molecular weight excluding hydrogens is 358 g/mol. The van der Waals surface area contributed by atoms with Crippen LogP contribution in [0.3, 0.4) is 0 Å². The fourth-order valence-corrected chi connectivity index (χ4v) is 3.04. The van der Waals surface area contributed by atoms with Gasteiger partial charge in [-0.2, -0.15) is 11.8 Å². The Labute approximate surface area is 157 Å². The minimum atomic E-state index is -0.827. The number of para-hydroxylation sites is 1. The predicted octanol–water partition coefficient (Wildman–Crippen LogP) is 4.21. The number of carboxylic acids is 1. The van der Waals surface area contributed by atoms with Gasteiger partial charge in [-0.1, -0.05) is 41.9 Å². The number of carbonyl (C=O) groups is 1. The van der Waals surface area contributed by atoms with Crippen molar-refractivity contribution in [2.24, 2.45) is 0 Å². The molecule has 0 spiro atoms. The molecule has 25 heavy (non-hydrogen) atoms. The minimum absolute atomic E-state index is 0.409. The molecule has 1 unspecified atom stereocenters. The summed E-state index contributed by atoms with van der Waals surface area (Å²) in [6.45, 7) is 0.851. The molecular formula is C19H22ClNO3S. The quantitative estimate of drug-likeness (QED) is 0.647. The monoisotopic (exact) mass is 379 g/mol. The first-order valence-electron chi connectivity index (χ1n) is 8.00. The van der Waals surface area contributed by atoms with E-state index < -0.39 is 12.0 Å². The minimum Gasteiger partial charge on any atom is -0.489 e. The van der Waals surface area contributed by atoms with E-state index in [0.29, 0.717) is 24.6 Å². The molecule has 2 aromatic carbocycles. The Bertz CT molecular complexity index is 696. The molecule has 0 aliphatic rings. The molecule has 0 fully saturated rings. The van der Waals surface area contributed by atoms with Gasteiger partial charge in [-0.3, -0.25) is 4.79 Å². The average Bonchev–Trinajstić information content (AvgIpc) is 2.60. The SMILES string of the molecule is CSCCC(NCc1ccccc1OCc1cccc(Cl)c1)C(=O)O. The van der Waals surface area contributed by atoms with Gasteiger partial charge in [0.15, 0.2) is 0 Å².